The van der Waals surface area contributed by atoms with Crippen molar-refractivity contribution in [3.8, 4) is 0 Å². The zero-order valence-corrected chi connectivity index (χ0v) is 14.2. The number of benzene rings is 1. The Labute approximate surface area is 137 Å². The molecule has 0 radical (unpaired) electrons. The Morgan fingerprint density at radius 3 is 2.50 bits per heavy atom. The van der Waals surface area contributed by atoms with Crippen LogP contribution >= 0.6 is 12.2 Å². The molecule has 2 atom stereocenters. The third kappa shape index (κ3) is 2.54. The van der Waals surface area contributed by atoms with Gasteiger partial charge in [0.2, 0.25) is 0 Å². The molecule has 6 heteroatoms. The Hall–Kier alpha value is -1.40. The Kier molecular flexibility index (Phi) is 3.99. The van der Waals surface area contributed by atoms with Gasteiger partial charge in [-0.05, 0) is 36.3 Å². The quantitative estimate of drug-likeness (QED) is 0.621. The summed E-state index contributed by atoms with van der Waals surface area (Å²) in [5.74, 6) is 0.343. The van der Waals surface area contributed by atoms with E-state index in [9.17, 15) is 8.42 Å². The fourth-order valence-electron chi connectivity index (χ4n) is 3.32. The maximum absolute atomic E-state index is 12.1. The Balaban J connectivity index is 1.98. The fourth-order valence-corrected chi connectivity index (χ4v) is 5.72. The Morgan fingerprint density at radius 2 is 1.91 bits per heavy atom. The van der Waals surface area contributed by atoms with E-state index < -0.39 is 9.84 Å². The van der Waals surface area contributed by atoms with Gasteiger partial charge in [0.15, 0.2) is 14.9 Å². The van der Waals surface area contributed by atoms with Gasteiger partial charge in [-0.1, -0.05) is 25.1 Å². The summed E-state index contributed by atoms with van der Waals surface area (Å²) < 4.78 is 24.1. The third-order valence-corrected chi connectivity index (χ3v) is 6.56. The number of hydrogen-bond acceptors (Lipinski definition) is 3. The lowest BCUT2D eigenvalue weighted by Gasteiger charge is -2.25. The second-order valence-corrected chi connectivity index (χ2v) is 8.34. The molecule has 0 aliphatic carbocycles. The minimum atomic E-state index is -3.01. The lowest BCUT2D eigenvalue weighted by Crippen LogP contribution is -2.37. The van der Waals surface area contributed by atoms with Crippen molar-refractivity contribution >= 4 is 32.9 Å². The SMILES string of the molecule is C=CCN1C(=S)N(c2ccc(CC)cc2)[C@H]2CS(=O)(=O)C[C@@H]21. The first kappa shape index (κ1) is 15.5. The first-order valence-corrected chi connectivity index (χ1v) is 9.70. The molecule has 2 aliphatic heterocycles. The second-order valence-electron chi connectivity index (χ2n) is 5.83. The monoisotopic (exact) mass is 336 g/mol. The molecule has 4 nitrogen and oxygen atoms in total. The van der Waals surface area contributed by atoms with E-state index in [1.54, 1.807) is 6.08 Å². The normalized spacial score (nSPS) is 26.3. The molecular formula is C16H20N2O2S2. The van der Waals surface area contributed by atoms with Gasteiger partial charge < -0.3 is 9.80 Å². The summed E-state index contributed by atoms with van der Waals surface area (Å²) in [6.45, 7) is 6.45. The molecule has 0 saturated carbocycles. The standard InChI is InChI=1S/C16H20N2O2S2/c1-3-9-17-14-10-22(19,20)11-15(14)18(16(17)21)13-7-5-12(4-2)6-8-13/h3,5-8,14-15H,1,4,9-11H2,2H3/t14-,15-/m0/s1. The molecular weight excluding hydrogens is 316 g/mol. The highest BCUT2D eigenvalue weighted by atomic mass is 32.2. The largest absolute Gasteiger partial charge is 0.339 e. The van der Waals surface area contributed by atoms with Crippen molar-refractivity contribution in [2.24, 2.45) is 0 Å². The van der Waals surface area contributed by atoms with E-state index in [1.165, 1.54) is 5.56 Å². The van der Waals surface area contributed by atoms with E-state index in [4.69, 9.17) is 12.2 Å². The van der Waals surface area contributed by atoms with Gasteiger partial charge in [-0.3, -0.25) is 0 Å². The van der Waals surface area contributed by atoms with Gasteiger partial charge in [0, 0.05) is 12.2 Å². The maximum Gasteiger partial charge on any atom is 0.177 e. The summed E-state index contributed by atoms with van der Waals surface area (Å²) in [5, 5.41) is 0.703. The molecule has 0 spiro atoms. The van der Waals surface area contributed by atoms with Crippen molar-refractivity contribution in [3.63, 3.8) is 0 Å². The lowest BCUT2D eigenvalue weighted by atomic mass is 10.1. The highest BCUT2D eigenvalue weighted by molar-refractivity contribution is 7.91. The molecule has 2 saturated heterocycles. The summed E-state index contributed by atoms with van der Waals surface area (Å²) in [6.07, 6.45) is 2.76. The molecule has 0 N–H and O–H groups in total. The number of fused-ring (bicyclic) bond motifs is 1. The molecule has 22 heavy (non-hydrogen) atoms. The fraction of sp³-hybridized carbons (Fsp3) is 0.438. The predicted octanol–water partition coefficient (Wildman–Crippen LogP) is 2.01. The Bertz CT molecular complexity index is 697. The Morgan fingerprint density at radius 1 is 1.27 bits per heavy atom. The van der Waals surface area contributed by atoms with Crippen LogP contribution in [0.25, 0.3) is 0 Å². The van der Waals surface area contributed by atoms with Gasteiger partial charge in [-0.15, -0.1) is 6.58 Å². The van der Waals surface area contributed by atoms with E-state index in [0.717, 1.165) is 12.1 Å². The minimum Gasteiger partial charge on any atom is -0.339 e. The van der Waals surface area contributed by atoms with E-state index in [0.29, 0.717) is 11.7 Å². The summed E-state index contributed by atoms with van der Waals surface area (Å²) in [5.41, 5.74) is 2.23. The smallest absolute Gasteiger partial charge is 0.177 e. The number of anilines is 1. The number of aryl methyl sites for hydroxylation is 1. The van der Waals surface area contributed by atoms with Gasteiger partial charge in [0.05, 0.1) is 23.6 Å². The van der Waals surface area contributed by atoms with Crippen molar-refractivity contribution < 1.29 is 8.42 Å². The highest BCUT2D eigenvalue weighted by Gasteiger charge is 2.51. The van der Waals surface area contributed by atoms with Crippen molar-refractivity contribution in [2.75, 3.05) is 23.0 Å². The van der Waals surface area contributed by atoms with Crippen LogP contribution < -0.4 is 4.90 Å². The van der Waals surface area contributed by atoms with Gasteiger partial charge in [0.25, 0.3) is 0 Å². The third-order valence-electron chi connectivity index (χ3n) is 4.43. The van der Waals surface area contributed by atoms with E-state index in [2.05, 4.69) is 25.6 Å². The van der Waals surface area contributed by atoms with Crippen LogP contribution in [-0.2, 0) is 16.3 Å². The maximum atomic E-state index is 12.1. The van der Waals surface area contributed by atoms with Crippen LogP contribution in [0.5, 0.6) is 0 Å². The molecule has 0 aromatic heterocycles. The average molecular weight is 336 g/mol. The van der Waals surface area contributed by atoms with Crippen molar-refractivity contribution in [3.05, 3.63) is 42.5 Å². The lowest BCUT2D eigenvalue weighted by molar-refractivity contribution is 0.389. The van der Waals surface area contributed by atoms with Crippen LogP contribution in [0.3, 0.4) is 0 Å². The zero-order valence-electron chi connectivity index (χ0n) is 12.6. The molecule has 2 fully saturated rings. The first-order valence-electron chi connectivity index (χ1n) is 7.47. The van der Waals surface area contributed by atoms with E-state index >= 15 is 0 Å². The van der Waals surface area contributed by atoms with Gasteiger partial charge >= 0.3 is 0 Å². The summed E-state index contributed by atoms with van der Waals surface area (Å²) in [6, 6.07) is 8.06. The molecule has 118 valence electrons. The highest BCUT2D eigenvalue weighted by Crippen LogP contribution is 2.35. The van der Waals surface area contributed by atoms with Crippen LogP contribution in [0.1, 0.15) is 12.5 Å². The topological polar surface area (TPSA) is 40.6 Å². The van der Waals surface area contributed by atoms with E-state index in [1.807, 2.05) is 21.9 Å². The molecule has 0 bridgehead atoms. The number of sulfone groups is 1. The zero-order chi connectivity index (χ0) is 15.9. The van der Waals surface area contributed by atoms with E-state index in [-0.39, 0.29) is 23.6 Å². The second kappa shape index (κ2) is 5.66. The first-order chi connectivity index (χ1) is 10.5. The molecule has 3 rings (SSSR count). The summed E-state index contributed by atoms with van der Waals surface area (Å²) in [7, 11) is -3.01. The average Bonchev–Trinajstić information content (AvgIpc) is 2.91. The van der Waals surface area contributed by atoms with Crippen LogP contribution in [0.15, 0.2) is 36.9 Å². The van der Waals surface area contributed by atoms with Crippen LogP contribution in [0.4, 0.5) is 5.69 Å². The van der Waals surface area contributed by atoms with Gasteiger partial charge in [-0.2, -0.15) is 0 Å². The minimum absolute atomic E-state index is 0.0682. The van der Waals surface area contributed by atoms with Crippen LogP contribution in [0, 0.1) is 0 Å². The summed E-state index contributed by atoms with van der Waals surface area (Å²) >= 11 is 5.61. The van der Waals surface area contributed by atoms with Crippen molar-refractivity contribution in [2.45, 2.75) is 25.4 Å². The number of rotatable bonds is 4. The molecule has 2 heterocycles. The predicted molar refractivity (Wildman–Crippen MR) is 94.0 cm³/mol. The molecule has 2 aliphatic rings. The van der Waals surface area contributed by atoms with Gasteiger partial charge in [0.1, 0.15) is 0 Å². The van der Waals surface area contributed by atoms with Crippen molar-refractivity contribution in [1.29, 1.82) is 0 Å². The van der Waals surface area contributed by atoms with Crippen molar-refractivity contribution in [1.82, 2.24) is 4.90 Å². The van der Waals surface area contributed by atoms with Crippen LogP contribution in [-0.4, -0.2) is 48.6 Å². The number of thiocarbonyl (C=S) groups is 1. The molecule has 0 unspecified atom stereocenters. The summed E-state index contributed by atoms with van der Waals surface area (Å²) in [4.78, 5) is 4.00. The molecule has 0 amide bonds. The molecule has 1 aromatic rings. The van der Waals surface area contributed by atoms with Crippen LogP contribution in [0.2, 0.25) is 0 Å². The molecule has 1 aromatic carbocycles. The number of hydrogen-bond donors (Lipinski definition) is 0. The number of nitrogens with zero attached hydrogens (tertiary/aromatic N) is 2. The van der Waals surface area contributed by atoms with Gasteiger partial charge in [-0.25, -0.2) is 8.42 Å².